The van der Waals surface area contributed by atoms with Gasteiger partial charge in [0, 0.05) is 19.4 Å². The average Bonchev–Trinajstić information content (AvgIpc) is 2.46. The molecule has 0 unspecified atom stereocenters. The maximum Gasteiger partial charge on any atom is 0.337 e. The Morgan fingerprint density at radius 1 is 1.14 bits per heavy atom. The number of carbonyl (C=O) groups is 3. The molecular formula is C16H22N2O4. The fraction of sp³-hybridized carbons (Fsp3) is 0.438. The molecule has 1 aromatic carbocycles. The Kier molecular flexibility index (Phi) is 7.08. The van der Waals surface area contributed by atoms with Gasteiger partial charge in [0.25, 0.3) is 0 Å². The molecule has 0 atom stereocenters. The Bertz CT molecular complexity index is 555. The summed E-state index contributed by atoms with van der Waals surface area (Å²) in [5.74, 6) is -1.45. The van der Waals surface area contributed by atoms with Gasteiger partial charge >= 0.3 is 5.97 Å². The van der Waals surface area contributed by atoms with E-state index in [1.807, 2.05) is 6.92 Å². The van der Waals surface area contributed by atoms with E-state index >= 15 is 0 Å². The summed E-state index contributed by atoms with van der Waals surface area (Å²) in [5.41, 5.74) is 1.15. The van der Waals surface area contributed by atoms with E-state index in [1.54, 1.807) is 19.1 Å². The van der Waals surface area contributed by atoms with Crippen LogP contribution in [0.15, 0.2) is 18.2 Å². The predicted molar refractivity (Wildman–Crippen MR) is 83.9 cm³/mol. The van der Waals surface area contributed by atoms with Gasteiger partial charge in [0.05, 0.1) is 11.3 Å². The second-order valence-electron chi connectivity index (χ2n) is 5.11. The lowest BCUT2D eigenvalue weighted by Crippen LogP contribution is -2.24. The fourth-order valence-electron chi connectivity index (χ4n) is 1.92. The van der Waals surface area contributed by atoms with Crippen molar-refractivity contribution in [2.75, 3.05) is 11.9 Å². The van der Waals surface area contributed by atoms with Crippen LogP contribution < -0.4 is 10.6 Å². The lowest BCUT2D eigenvalue weighted by atomic mass is 10.1. The summed E-state index contributed by atoms with van der Waals surface area (Å²) < 4.78 is 0. The molecule has 0 bridgehead atoms. The van der Waals surface area contributed by atoms with Gasteiger partial charge in [0.15, 0.2) is 0 Å². The Labute approximate surface area is 129 Å². The summed E-state index contributed by atoms with van der Waals surface area (Å²) in [6, 6.07) is 4.82. The van der Waals surface area contributed by atoms with Crippen LogP contribution >= 0.6 is 0 Å². The molecule has 0 radical (unpaired) electrons. The van der Waals surface area contributed by atoms with E-state index in [2.05, 4.69) is 10.6 Å². The molecular weight excluding hydrogens is 284 g/mol. The van der Waals surface area contributed by atoms with Crippen LogP contribution in [-0.4, -0.2) is 29.4 Å². The standard InChI is InChI=1S/C16H22N2O4/c1-3-9-17-14(19)5-4-6-15(20)18-13-8-7-11(2)10-12(13)16(21)22/h7-8,10H,3-6,9H2,1-2H3,(H,17,19)(H,18,20)(H,21,22). The van der Waals surface area contributed by atoms with Gasteiger partial charge in [-0.2, -0.15) is 0 Å². The number of nitrogens with one attached hydrogen (secondary N) is 2. The first-order valence-electron chi connectivity index (χ1n) is 7.34. The first kappa shape index (κ1) is 17.7. The molecule has 120 valence electrons. The van der Waals surface area contributed by atoms with Crippen LogP contribution in [-0.2, 0) is 9.59 Å². The van der Waals surface area contributed by atoms with E-state index in [4.69, 9.17) is 5.11 Å². The van der Waals surface area contributed by atoms with E-state index < -0.39 is 5.97 Å². The van der Waals surface area contributed by atoms with Crippen molar-refractivity contribution in [3.05, 3.63) is 29.3 Å². The maximum absolute atomic E-state index is 11.8. The molecule has 0 fully saturated rings. The molecule has 0 aliphatic carbocycles. The van der Waals surface area contributed by atoms with Crippen LogP contribution in [0.2, 0.25) is 0 Å². The van der Waals surface area contributed by atoms with E-state index in [0.29, 0.717) is 13.0 Å². The number of carboxylic acids is 1. The predicted octanol–water partition coefficient (Wildman–Crippen LogP) is 2.33. The largest absolute Gasteiger partial charge is 0.478 e. The minimum atomic E-state index is -1.09. The summed E-state index contributed by atoms with van der Waals surface area (Å²) in [7, 11) is 0. The average molecular weight is 306 g/mol. The van der Waals surface area contributed by atoms with E-state index in [1.165, 1.54) is 6.07 Å². The molecule has 6 heteroatoms. The van der Waals surface area contributed by atoms with Crippen molar-refractivity contribution in [2.45, 2.75) is 39.5 Å². The van der Waals surface area contributed by atoms with Gasteiger partial charge in [-0.1, -0.05) is 18.6 Å². The second-order valence-corrected chi connectivity index (χ2v) is 5.11. The van der Waals surface area contributed by atoms with E-state index in [-0.39, 0.29) is 35.9 Å². The number of anilines is 1. The topological polar surface area (TPSA) is 95.5 Å². The van der Waals surface area contributed by atoms with Crippen LogP contribution in [0.4, 0.5) is 5.69 Å². The van der Waals surface area contributed by atoms with E-state index in [9.17, 15) is 14.4 Å². The highest BCUT2D eigenvalue weighted by molar-refractivity contribution is 6.00. The first-order valence-corrected chi connectivity index (χ1v) is 7.34. The van der Waals surface area contributed by atoms with Gasteiger partial charge < -0.3 is 15.7 Å². The molecule has 0 aliphatic rings. The third-order valence-electron chi connectivity index (χ3n) is 3.06. The van der Waals surface area contributed by atoms with Crippen molar-refractivity contribution >= 4 is 23.5 Å². The summed E-state index contributed by atoms with van der Waals surface area (Å²) >= 11 is 0. The quantitative estimate of drug-likeness (QED) is 0.687. The first-order chi connectivity index (χ1) is 10.4. The van der Waals surface area contributed by atoms with Crippen molar-refractivity contribution in [3.63, 3.8) is 0 Å². The zero-order valence-electron chi connectivity index (χ0n) is 12.9. The maximum atomic E-state index is 11.8. The van der Waals surface area contributed by atoms with Gasteiger partial charge in [-0.05, 0) is 31.9 Å². The van der Waals surface area contributed by atoms with Crippen molar-refractivity contribution in [2.24, 2.45) is 0 Å². The number of amides is 2. The number of hydrogen-bond donors (Lipinski definition) is 3. The zero-order valence-corrected chi connectivity index (χ0v) is 12.9. The summed E-state index contributed by atoms with van der Waals surface area (Å²) in [5, 5.41) is 14.5. The summed E-state index contributed by atoms with van der Waals surface area (Å²) in [6.45, 7) is 4.39. The summed E-state index contributed by atoms with van der Waals surface area (Å²) in [6.07, 6.45) is 1.76. The molecule has 0 aromatic heterocycles. The van der Waals surface area contributed by atoms with Gasteiger partial charge in [-0.15, -0.1) is 0 Å². The number of carboxylic acid groups (broad SMARTS) is 1. The molecule has 0 saturated heterocycles. The number of carbonyl (C=O) groups excluding carboxylic acids is 2. The highest BCUT2D eigenvalue weighted by Gasteiger charge is 2.13. The molecule has 22 heavy (non-hydrogen) atoms. The zero-order chi connectivity index (χ0) is 16.5. The number of aromatic carboxylic acids is 1. The minimum absolute atomic E-state index is 0.0639. The molecule has 1 aromatic rings. The van der Waals surface area contributed by atoms with Crippen LogP contribution in [0.25, 0.3) is 0 Å². The molecule has 0 heterocycles. The van der Waals surface area contributed by atoms with Crippen molar-refractivity contribution in [1.29, 1.82) is 0 Å². The van der Waals surface area contributed by atoms with Gasteiger partial charge in [0.1, 0.15) is 0 Å². The normalized spacial score (nSPS) is 10.1. The number of rotatable bonds is 8. The van der Waals surface area contributed by atoms with Crippen LogP contribution in [0.1, 0.15) is 48.5 Å². The highest BCUT2D eigenvalue weighted by Crippen LogP contribution is 2.18. The number of benzene rings is 1. The smallest absolute Gasteiger partial charge is 0.337 e. The van der Waals surface area contributed by atoms with Crippen molar-refractivity contribution in [3.8, 4) is 0 Å². The van der Waals surface area contributed by atoms with Crippen LogP contribution in [0.3, 0.4) is 0 Å². The van der Waals surface area contributed by atoms with Crippen LogP contribution in [0, 0.1) is 6.92 Å². The Morgan fingerprint density at radius 3 is 2.45 bits per heavy atom. The lowest BCUT2D eigenvalue weighted by molar-refractivity contribution is -0.121. The Hall–Kier alpha value is -2.37. The Morgan fingerprint density at radius 2 is 1.82 bits per heavy atom. The fourth-order valence-corrected chi connectivity index (χ4v) is 1.92. The van der Waals surface area contributed by atoms with Gasteiger partial charge in [-0.3, -0.25) is 9.59 Å². The minimum Gasteiger partial charge on any atom is -0.478 e. The van der Waals surface area contributed by atoms with Gasteiger partial charge in [0.2, 0.25) is 11.8 Å². The molecule has 6 nitrogen and oxygen atoms in total. The molecule has 0 spiro atoms. The highest BCUT2D eigenvalue weighted by atomic mass is 16.4. The van der Waals surface area contributed by atoms with Crippen LogP contribution in [0.5, 0.6) is 0 Å². The third-order valence-corrected chi connectivity index (χ3v) is 3.06. The van der Waals surface area contributed by atoms with Crippen molar-refractivity contribution < 1.29 is 19.5 Å². The van der Waals surface area contributed by atoms with Crippen molar-refractivity contribution in [1.82, 2.24) is 5.32 Å². The Balaban J connectivity index is 2.49. The molecule has 1 rings (SSSR count). The summed E-state index contributed by atoms with van der Waals surface area (Å²) in [4.78, 5) is 34.4. The van der Waals surface area contributed by atoms with E-state index in [0.717, 1.165) is 12.0 Å². The second kappa shape index (κ2) is 8.81. The lowest BCUT2D eigenvalue weighted by Gasteiger charge is -2.09. The molecule has 0 saturated carbocycles. The number of aryl methyl sites for hydroxylation is 1. The molecule has 3 N–H and O–H groups in total. The van der Waals surface area contributed by atoms with Gasteiger partial charge in [-0.25, -0.2) is 4.79 Å². The molecule has 2 amide bonds. The third kappa shape index (κ3) is 5.95. The SMILES string of the molecule is CCCNC(=O)CCCC(=O)Nc1ccc(C)cc1C(=O)O. The monoisotopic (exact) mass is 306 g/mol. The number of hydrogen-bond acceptors (Lipinski definition) is 3. The molecule has 0 aliphatic heterocycles.